The number of fused-ring (bicyclic) bond motifs is 4. The van der Waals surface area contributed by atoms with Crippen LogP contribution in [-0.2, 0) is 24.6 Å². The van der Waals surface area contributed by atoms with Crippen molar-refractivity contribution in [2.45, 2.75) is 24.2 Å². The number of anilines is 2. The first kappa shape index (κ1) is 36.6. The molecule has 0 unspecified atom stereocenters. The van der Waals surface area contributed by atoms with Crippen LogP contribution in [0.1, 0.15) is 29.9 Å². The summed E-state index contributed by atoms with van der Waals surface area (Å²) in [4.78, 5) is 60.2. The van der Waals surface area contributed by atoms with Crippen molar-refractivity contribution in [1.29, 1.82) is 0 Å². The van der Waals surface area contributed by atoms with Gasteiger partial charge in [0, 0.05) is 16.5 Å². The summed E-state index contributed by atoms with van der Waals surface area (Å²) in [7, 11) is 1.16. The number of benzene rings is 4. The number of rotatable bonds is 8. The maximum absolute atomic E-state index is 15.4. The summed E-state index contributed by atoms with van der Waals surface area (Å²) >= 11 is 12.7. The second-order valence-corrected chi connectivity index (χ2v) is 15.0. The van der Waals surface area contributed by atoms with Crippen LogP contribution >= 0.6 is 23.2 Å². The average Bonchev–Trinajstić information content (AvgIpc) is 3.56. The SMILES string of the molecule is COc1ccc([C@@]23C(=O)N(Nc4ccc(Cl)cc4Cl)C(=O)[C@@H]2C[C@@H]2C(=CC[C@@H]4C(=O)N(c5cccc(B(O)O)c5)C(=O)[C@@H]42)[C@@H]3c2cc(OC)ccc2O)cc1. The number of aromatic hydroxyl groups is 1. The summed E-state index contributed by atoms with van der Waals surface area (Å²) in [5, 5.41) is 32.8. The van der Waals surface area contributed by atoms with Gasteiger partial charge in [0.15, 0.2) is 0 Å². The Balaban J connectivity index is 1.33. The second-order valence-electron chi connectivity index (χ2n) is 14.1. The van der Waals surface area contributed by atoms with E-state index in [4.69, 9.17) is 32.7 Å². The highest BCUT2D eigenvalue weighted by molar-refractivity contribution is 6.58. The van der Waals surface area contributed by atoms with Crippen LogP contribution in [0.25, 0.3) is 0 Å². The monoisotopic (exact) mass is 781 g/mol. The maximum atomic E-state index is 15.4. The van der Waals surface area contributed by atoms with E-state index in [2.05, 4.69) is 5.43 Å². The van der Waals surface area contributed by atoms with Crippen molar-refractivity contribution in [3.05, 3.63) is 118 Å². The fourth-order valence-electron chi connectivity index (χ4n) is 9.16. The zero-order valence-electron chi connectivity index (χ0n) is 29.5. The number of halogens is 2. The molecule has 55 heavy (non-hydrogen) atoms. The molecule has 2 aliphatic heterocycles. The van der Waals surface area contributed by atoms with Gasteiger partial charge in [-0.1, -0.05) is 59.1 Å². The Hall–Kier alpha value is -5.34. The number of carbonyl (C=O) groups excluding carboxylic acids is 4. The molecular formula is C40H34BCl2N3O9. The van der Waals surface area contributed by atoms with Crippen LogP contribution in [-0.4, -0.2) is 65.1 Å². The summed E-state index contributed by atoms with van der Waals surface area (Å²) in [6.07, 6.45) is 2.00. The Labute approximate surface area is 326 Å². The molecule has 4 aromatic rings. The zero-order chi connectivity index (χ0) is 38.9. The Morgan fingerprint density at radius 2 is 1.56 bits per heavy atom. The van der Waals surface area contributed by atoms with Gasteiger partial charge < -0.3 is 24.6 Å². The van der Waals surface area contributed by atoms with Gasteiger partial charge in [0.2, 0.25) is 11.8 Å². The molecule has 0 spiro atoms. The number of ether oxygens (including phenoxy) is 2. The van der Waals surface area contributed by atoms with Gasteiger partial charge in [-0.2, -0.15) is 5.01 Å². The van der Waals surface area contributed by atoms with Crippen molar-refractivity contribution < 1.29 is 43.8 Å². The molecule has 280 valence electrons. The lowest BCUT2D eigenvalue weighted by Crippen LogP contribution is -2.53. The quantitative estimate of drug-likeness (QED) is 0.113. The molecule has 0 radical (unpaired) electrons. The van der Waals surface area contributed by atoms with E-state index in [1.807, 2.05) is 6.08 Å². The first-order valence-electron chi connectivity index (χ1n) is 17.6. The first-order valence-corrected chi connectivity index (χ1v) is 18.3. The van der Waals surface area contributed by atoms with E-state index in [0.717, 1.165) is 9.91 Å². The van der Waals surface area contributed by atoms with Gasteiger partial charge in [-0.15, -0.1) is 0 Å². The van der Waals surface area contributed by atoms with Crippen molar-refractivity contribution in [3.8, 4) is 17.2 Å². The highest BCUT2D eigenvalue weighted by atomic mass is 35.5. The van der Waals surface area contributed by atoms with Crippen molar-refractivity contribution in [2.24, 2.45) is 23.7 Å². The number of imide groups is 2. The summed E-state index contributed by atoms with van der Waals surface area (Å²) in [5.74, 6) is -6.08. The third kappa shape index (κ3) is 5.59. The molecule has 3 fully saturated rings. The number of amides is 4. The summed E-state index contributed by atoms with van der Waals surface area (Å²) in [6.45, 7) is 0. The molecular weight excluding hydrogens is 748 g/mol. The van der Waals surface area contributed by atoms with E-state index in [1.165, 1.54) is 44.6 Å². The number of methoxy groups -OCH3 is 2. The molecule has 0 bridgehead atoms. The lowest BCUT2D eigenvalue weighted by atomic mass is 9.49. The van der Waals surface area contributed by atoms with Gasteiger partial charge in [0.05, 0.1) is 53.8 Å². The third-order valence-corrected chi connectivity index (χ3v) is 12.1. The average molecular weight is 782 g/mol. The largest absolute Gasteiger partial charge is 0.508 e. The predicted octanol–water partition coefficient (Wildman–Crippen LogP) is 4.59. The van der Waals surface area contributed by atoms with Crippen LogP contribution in [0.5, 0.6) is 17.2 Å². The summed E-state index contributed by atoms with van der Waals surface area (Å²) in [5.41, 5.74) is 3.17. The molecule has 4 N–H and O–H groups in total. The number of phenolic OH excluding ortho intramolecular Hbond substituents is 1. The summed E-state index contributed by atoms with van der Waals surface area (Å²) < 4.78 is 11.0. The third-order valence-electron chi connectivity index (χ3n) is 11.6. The van der Waals surface area contributed by atoms with Crippen LogP contribution in [0.4, 0.5) is 11.4 Å². The normalized spacial score (nSPS) is 25.6. The van der Waals surface area contributed by atoms with Crippen molar-refractivity contribution in [3.63, 3.8) is 0 Å². The molecule has 4 aliphatic rings. The van der Waals surface area contributed by atoms with E-state index >= 15 is 4.79 Å². The van der Waals surface area contributed by atoms with Crippen LogP contribution in [0.3, 0.4) is 0 Å². The lowest BCUT2D eigenvalue weighted by molar-refractivity contribution is -0.138. The van der Waals surface area contributed by atoms with E-state index in [1.54, 1.807) is 54.6 Å². The number of hydrogen-bond acceptors (Lipinski definition) is 10. The van der Waals surface area contributed by atoms with Crippen LogP contribution in [0, 0.1) is 23.7 Å². The number of allylic oxidation sites excluding steroid dienone is 2. The molecule has 4 aromatic carbocycles. The highest BCUT2D eigenvalue weighted by Crippen LogP contribution is 2.65. The van der Waals surface area contributed by atoms with Gasteiger partial charge in [0.25, 0.3) is 11.8 Å². The highest BCUT2D eigenvalue weighted by Gasteiger charge is 2.70. The van der Waals surface area contributed by atoms with Crippen LogP contribution in [0.15, 0.2) is 96.6 Å². The molecule has 1 saturated carbocycles. The van der Waals surface area contributed by atoms with Crippen LogP contribution < -0.4 is 25.3 Å². The fourth-order valence-corrected chi connectivity index (χ4v) is 9.61. The van der Waals surface area contributed by atoms with Gasteiger partial charge in [-0.05, 0) is 90.4 Å². The maximum Gasteiger partial charge on any atom is 0.488 e. The van der Waals surface area contributed by atoms with Crippen molar-refractivity contribution in [1.82, 2.24) is 5.01 Å². The van der Waals surface area contributed by atoms with E-state index in [0.29, 0.717) is 33.2 Å². The summed E-state index contributed by atoms with van der Waals surface area (Å²) in [6, 6.07) is 22.0. The molecule has 4 amide bonds. The molecule has 2 saturated heterocycles. The zero-order valence-corrected chi connectivity index (χ0v) is 31.0. The number of nitrogens with zero attached hydrogens (tertiary/aromatic N) is 2. The number of hydrazine groups is 1. The van der Waals surface area contributed by atoms with E-state index in [9.17, 15) is 29.5 Å². The minimum absolute atomic E-state index is 0.000380. The van der Waals surface area contributed by atoms with Gasteiger partial charge in [0.1, 0.15) is 17.2 Å². The van der Waals surface area contributed by atoms with Crippen LogP contribution in [0.2, 0.25) is 10.0 Å². The van der Waals surface area contributed by atoms with Crippen molar-refractivity contribution >= 4 is 70.8 Å². The minimum atomic E-state index is -1.82. The standard InChI is InChI=1S/C40H34BCl2N3O9/c1-54-24-9-6-20(7-10-24)40-30(37(49)46(39(40)51)44-32-14-8-22(42)17-31(32)43)19-28-26(35(40)29-18-25(55-2)11-15-33(29)47)12-13-27-34(28)38(50)45(36(27)48)23-5-3-4-21(16-23)41(52)53/h3-12,14-18,27-28,30,34-35,44,47,52-53H,13,19H2,1-2H3/t27-,28+,30-,34-,35+,40+/m0/s1. The van der Waals surface area contributed by atoms with Gasteiger partial charge in [-0.25, -0.2) is 0 Å². The van der Waals surface area contributed by atoms with Gasteiger partial charge in [-0.3, -0.25) is 29.5 Å². The smallest absolute Gasteiger partial charge is 0.488 e. The fraction of sp³-hybridized carbons (Fsp3) is 0.250. The minimum Gasteiger partial charge on any atom is -0.508 e. The predicted molar refractivity (Wildman–Crippen MR) is 204 cm³/mol. The number of phenols is 1. The second kappa shape index (κ2) is 13.8. The molecule has 2 heterocycles. The Morgan fingerprint density at radius 3 is 2.25 bits per heavy atom. The molecule has 6 atom stereocenters. The van der Waals surface area contributed by atoms with Crippen molar-refractivity contribution in [2.75, 3.05) is 24.5 Å². The number of hydrogen-bond donors (Lipinski definition) is 4. The first-order chi connectivity index (χ1) is 26.4. The Morgan fingerprint density at radius 1 is 0.836 bits per heavy atom. The molecule has 2 aliphatic carbocycles. The Bertz CT molecular complexity index is 2300. The number of carbonyl (C=O) groups is 4. The lowest BCUT2D eigenvalue weighted by Gasteiger charge is -2.50. The van der Waals surface area contributed by atoms with E-state index < -0.39 is 65.8 Å². The molecule has 8 rings (SSSR count). The molecule has 0 aromatic heterocycles. The molecule has 12 nitrogen and oxygen atoms in total. The number of nitrogens with one attached hydrogen (secondary N) is 1. The van der Waals surface area contributed by atoms with Gasteiger partial charge >= 0.3 is 7.12 Å². The van der Waals surface area contributed by atoms with E-state index in [-0.39, 0.29) is 40.5 Å². The molecule has 15 heteroatoms. The topological polar surface area (TPSA) is 166 Å². The Kier molecular flexibility index (Phi) is 9.16.